The number of aromatic nitrogens is 2. The molecule has 2 N–H and O–H groups in total. The van der Waals surface area contributed by atoms with Gasteiger partial charge in [-0.25, -0.2) is 9.97 Å². The Labute approximate surface area is 111 Å². The van der Waals surface area contributed by atoms with Crippen LogP contribution in [-0.4, -0.2) is 23.6 Å². The van der Waals surface area contributed by atoms with Crippen LogP contribution in [0.2, 0.25) is 0 Å². The van der Waals surface area contributed by atoms with Crippen molar-refractivity contribution in [3.05, 3.63) is 40.0 Å². The molecule has 0 atom stereocenters. The van der Waals surface area contributed by atoms with Gasteiger partial charge in [0.2, 0.25) is 0 Å². The third kappa shape index (κ3) is 3.27. The van der Waals surface area contributed by atoms with E-state index in [-0.39, 0.29) is 0 Å². The molecule has 0 bridgehead atoms. The minimum absolute atomic E-state index is 0.662. The lowest BCUT2D eigenvalue weighted by molar-refractivity contribution is 0.865. The average Bonchev–Trinajstić information content (AvgIpc) is 2.76. The summed E-state index contributed by atoms with van der Waals surface area (Å²) in [6, 6.07) is 4.11. The standard InChI is InChI=1S/C13H18N4S/c1-10-16-12(9-18-10)8-17(2)13-4-3-11(5-6-14)7-15-13/h3-4,7,9H,5-6,8,14H2,1-2H3. The van der Waals surface area contributed by atoms with E-state index >= 15 is 0 Å². The molecule has 0 aliphatic heterocycles. The Kier molecular flexibility index (Phi) is 4.28. The third-order valence-electron chi connectivity index (χ3n) is 2.70. The zero-order valence-corrected chi connectivity index (χ0v) is 11.6. The summed E-state index contributed by atoms with van der Waals surface area (Å²) >= 11 is 1.68. The summed E-state index contributed by atoms with van der Waals surface area (Å²) in [6.07, 6.45) is 2.77. The molecule has 0 radical (unpaired) electrons. The van der Waals surface area contributed by atoms with Crippen LogP contribution in [-0.2, 0) is 13.0 Å². The molecule has 0 saturated heterocycles. The van der Waals surface area contributed by atoms with Crippen LogP contribution in [0.15, 0.2) is 23.7 Å². The normalized spacial score (nSPS) is 10.6. The van der Waals surface area contributed by atoms with Gasteiger partial charge in [-0.3, -0.25) is 0 Å². The number of thiazole rings is 1. The number of rotatable bonds is 5. The molecule has 2 aromatic rings. The van der Waals surface area contributed by atoms with Gasteiger partial charge in [0, 0.05) is 18.6 Å². The van der Waals surface area contributed by atoms with Gasteiger partial charge in [0.05, 0.1) is 17.2 Å². The first kappa shape index (κ1) is 13.0. The van der Waals surface area contributed by atoms with Crippen molar-refractivity contribution in [3.63, 3.8) is 0 Å². The summed E-state index contributed by atoms with van der Waals surface area (Å²) < 4.78 is 0. The van der Waals surface area contributed by atoms with Gasteiger partial charge in [-0.15, -0.1) is 11.3 Å². The van der Waals surface area contributed by atoms with E-state index in [1.54, 1.807) is 11.3 Å². The Morgan fingerprint density at radius 2 is 2.22 bits per heavy atom. The number of pyridine rings is 1. The molecule has 5 heteroatoms. The summed E-state index contributed by atoms with van der Waals surface area (Å²) in [7, 11) is 2.03. The molecule has 0 aliphatic carbocycles. The molecule has 2 rings (SSSR count). The van der Waals surface area contributed by atoms with Gasteiger partial charge in [-0.05, 0) is 31.5 Å². The number of nitrogens with zero attached hydrogens (tertiary/aromatic N) is 3. The van der Waals surface area contributed by atoms with Gasteiger partial charge in [-0.2, -0.15) is 0 Å². The Hall–Kier alpha value is -1.46. The maximum atomic E-state index is 5.52. The van der Waals surface area contributed by atoms with Gasteiger partial charge in [0.25, 0.3) is 0 Å². The summed E-state index contributed by atoms with van der Waals surface area (Å²) in [5, 5.41) is 3.19. The highest BCUT2D eigenvalue weighted by Gasteiger charge is 2.06. The van der Waals surface area contributed by atoms with E-state index in [9.17, 15) is 0 Å². The molecule has 0 spiro atoms. The van der Waals surface area contributed by atoms with Crippen molar-refractivity contribution in [1.82, 2.24) is 9.97 Å². The summed E-state index contributed by atoms with van der Waals surface area (Å²) in [5.41, 5.74) is 7.79. The molecule has 2 heterocycles. The molecular weight excluding hydrogens is 244 g/mol. The number of hydrogen-bond acceptors (Lipinski definition) is 5. The van der Waals surface area contributed by atoms with E-state index in [1.807, 2.05) is 26.2 Å². The number of aryl methyl sites for hydroxylation is 1. The van der Waals surface area contributed by atoms with Crippen LogP contribution in [0.25, 0.3) is 0 Å². The number of nitrogens with two attached hydrogens (primary N) is 1. The minimum atomic E-state index is 0.662. The number of hydrogen-bond donors (Lipinski definition) is 1. The molecule has 0 fully saturated rings. The molecular formula is C13H18N4S. The van der Waals surface area contributed by atoms with Gasteiger partial charge in [-0.1, -0.05) is 6.07 Å². The van der Waals surface area contributed by atoms with E-state index in [2.05, 4.69) is 26.3 Å². The van der Waals surface area contributed by atoms with Crippen molar-refractivity contribution >= 4 is 17.2 Å². The fourth-order valence-electron chi connectivity index (χ4n) is 1.76. The molecule has 0 amide bonds. The van der Waals surface area contributed by atoms with Crippen molar-refractivity contribution in [2.24, 2.45) is 5.73 Å². The Bertz CT molecular complexity index is 492. The van der Waals surface area contributed by atoms with E-state index in [4.69, 9.17) is 5.73 Å². The van der Waals surface area contributed by atoms with E-state index in [0.717, 1.165) is 29.5 Å². The molecule has 0 unspecified atom stereocenters. The molecule has 2 aromatic heterocycles. The van der Waals surface area contributed by atoms with Gasteiger partial charge in [0.1, 0.15) is 5.82 Å². The van der Waals surface area contributed by atoms with Crippen LogP contribution < -0.4 is 10.6 Å². The second kappa shape index (κ2) is 5.93. The smallest absolute Gasteiger partial charge is 0.128 e. The Morgan fingerprint density at radius 3 is 2.78 bits per heavy atom. The lowest BCUT2D eigenvalue weighted by atomic mass is 10.2. The van der Waals surface area contributed by atoms with E-state index in [1.165, 1.54) is 5.56 Å². The maximum absolute atomic E-state index is 5.52. The van der Waals surface area contributed by atoms with Crippen LogP contribution in [0.1, 0.15) is 16.3 Å². The Morgan fingerprint density at radius 1 is 1.39 bits per heavy atom. The third-order valence-corrected chi connectivity index (χ3v) is 3.52. The number of anilines is 1. The van der Waals surface area contributed by atoms with Crippen molar-refractivity contribution < 1.29 is 0 Å². The van der Waals surface area contributed by atoms with Gasteiger partial charge < -0.3 is 10.6 Å². The highest BCUT2D eigenvalue weighted by molar-refractivity contribution is 7.09. The van der Waals surface area contributed by atoms with E-state index in [0.29, 0.717) is 6.54 Å². The molecule has 0 saturated carbocycles. The fraction of sp³-hybridized carbons (Fsp3) is 0.385. The molecule has 0 aromatic carbocycles. The highest BCUT2D eigenvalue weighted by Crippen LogP contribution is 2.15. The predicted molar refractivity (Wildman–Crippen MR) is 76.0 cm³/mol. The molecule has 18 heavy (non-hydrogen) atoms. The second-order valence-electron chi connectivity index (χ2n) is 4.28. The summed E-state index contributed by atoms with van der Waals surface area (Å²) in [6.45, 7) is 3.47. The van der Waals surface area contributed by atoms with Crippen LogP contribution in [0.5, 0.6) is 0 Å². The van der Waals surface area contributed by atoms with Crippen LogP contribution in [0, 0.1) is 6.92 Å². The molecule has 96 valence electrons. The maximum Gasteiger partial charge on any atom is 0.128 e. The fourth-order valence-corrected chi connectivity index (χ4v) is 2.37. The zero-order chi connectivity index (χ0) is 13.0. The summed E-state index contributed by atoms with van der Waals surface area (Å²) in [4.78, 5) is 11.0. The first-order chi connectivity index (χ1) is 8.69. The first-order valence-corrected chi connectivity index (χ1v) is 6.84. The molecule has 4 nitrogen and oxygen atoms in total. The average molecular weight is 262 g/mol. The van der Waals surface area contributed by atoms with Crippen molar-refractivity contribution in [1.29, 1.82) is 0 Å². The summed E-state index contributed by atoms with van der Waals surface area (Å²) in [5.74, 6) is 0.960. The zero-order valence-electron chi connectivity index (χ0n) is 10.8. The predicted octanol–water partition coefficient (Wildman–Crippen LogP) is 1.98. The largest absolute Gasteiger partial charge is 0.354 e. The highest BCUT2D eigenvalue weighted by atomic mass is 32.1. The Balaban J connectivity index is 2.02. The quantitative estimate of drug-likeness (QED) is 0.895. The van der Waals surface area contributed by atoms with Crippen molar-refractivity contribution in [2.75, 3.05) is 18.5 Å². The SMILES string of the molecule is Cc1nc(CN(C)c2ccc(CCN)cn2)cs1. The monoisotopic (exact) mass is 262 g/mol. The topological polar surface area (TPSA) is 55.0 Å². The van der Waals surface area contributed by atoms with E-state index < -0.39 is 0 Å². The molecule has 0 aliphatic rings. The van der Waals surface area contributed by atoms with Crippen LogP contribution in [0.3, 0.4) is 0 Å². The lowest BCUT2D eigenvalue weighted by Gasteiger charge is -2.17. The first-order valence-electron chi connectivity index (χ1n) is 5.96. The lowest BCUT2D eigenvalue weighted by Crippen LogP contribution is -2.18. The van der Waals surface area contributed by atoms with Crippen LogP contribution >= 0.6 is 11.3 Å². The van der Waals surface area contributed by atoms with Crippen LogP contribution in [0.4, 0.5) is 5.82 Å². The van der Waals surface area contributed by atoms with Crippen molar-refractivity contribution in [2.45, 2.75) is 19.9 Å². The second-order valence-corrected chi connectivity index (χ2v) is 5.34. The van der Waals surface area contributed by atoms with Gasteiger partial charge >= 0.3 is 0 Å². The minimum Gasteiger partial charge on any atom is -0.354 e. The van der Waals surface area contributed by atoms with Gasteiger partial charge in [0.15, 0.2) is 0 Å². The van der Waals surface area contributed by atoms with Crippen molar-refractivity contribution in [3.8, 4) is 0 Å².